The second-order valence-electron chi connectivity index (χ2n) is 2.83. The molecule has 13 heavy (non-hydrogen) atoms. The van der Waals surface area contributed by atoms with E-state index in [0.717, 1.165) is 0 Å². The van der Waals surface area contributed by atoms with E-state index in [0.29, 0.717) is 5.56 Å². The fourth-order valence-electron chi connectivity index (χ4n) is 1.13. The Hall–Kier alpha value is -1.62. The van der Waals surface area contributed by atoms with E-state index in [4.69, 9.17) is 11.5 Å². The summed E-state index contributed by atoms with van der Waals surface area (Å²) in [6.07, 6.45) is 0. The maximum atomic E-state index is 10.5. The maximum Gasteiger partial charge on any atom is 0.292 e. The highest BCUT2D eigenvalue weighted by Crippen LogP contribution is 2.27. The third kappa shape index (κ3) is 1.75. The molecule has 0 spiro atoms. The Morgan fingerprint density at radius 3 is 2.62 bits per heavy atom. The number of nitrogen functional groups attached to an aromatic ring is 1. The lowest BCUT2D eigenvalue weighted by Gasteiger charge is -2.08. The molecule has 1 unspecified atom stereocenters. The fraction of sp³-hybridized carbons (Fsp3) is 0.250. The molecule has 0 bridgehead atoms. The molecule has 70 valence electrons. The van der Waals surface area contributed by atoms with Gasteiger partial charge in [0, 0.05) is 12.1 Å². The summed E-state index contributed by atoms with van der Waals surface area (Å²) >= 11 is 0. The highest BCUT2D eigenvalue weighted by Gasteiger charge is 2.15. The van der Waals surface area contributed by atoms with Crippen molar-refractivity contribution in [3.05, 3.63) is 33.9 Å². The van der Waals surface area contributed by atoms with Gasteiger partial charge in [-0.1, -0.05) is 12.1 Å². The first-order chi connectivity index (χ1) is 6.04. The number of nitrogens with zero attached hydrogens (tertiary/aromatic N) is 1. The van der Waals surface area contributed by atoms with Gasteiger partial charge in [-0.2, -0.15) is 0 Å². The predicted octanol–water partition coefficient (Wildman–Crippen LogP) is 1.20. The molecule has 0 aromatic heterocycles. The molecular weight excluding hydrogens is 170 g/mol. The van der Waals surface area contributed by atoms with Crippen LogP contribution in [0.3, 0.4) is 0 Å². The lowest BCUT2D eigenvalue weighted by molar-refractivity contribution is -0.384. The number of nitro groups is 1. The van der Waals surface area contributed by atoms with Crippen LogP contribution in [0.4, 0.5) is 11.4 Å². The Kier molecular flexibility index (Phi) is 2.48. The van der Waals surface area contributed by atoms with Crippen LogP contribution >= 0.6 is 0 Å². The van der Waals surface area contributed by atoms with Gasteiger partial charge in [0.05, 0.1) is 4.92 Å². The Bertz CT molecular complexity index is 336. The monoisotopic (exact) mass is 181 g/mol. The van der Waals surface area contributed by atoms with Gasteiger partial charge in [0.2, 0.25) is 0 Å². The lowest BCUT2D eigenvalue weighted by atomic mass is 10.1. The predicted molar refractivity (Wildman–Crippen MR) is 50.1 cm³/mol. The van der Waals surface area contributed by atoms with Crippen LogP contribution in [0.5, 0.6) is 0 Å². The van der Waals surface area contributed by atoms with Gasteiger partial charge in [0.1, 0.15) is 5.69 Å². The molecule has 5 heteroatoms. The van der Waals surface area contributed by atoms with Crippen molar-refractivity contribution in [3.63, 3.8) is 0 Å². The number of hydrogen-bond acceptors (Lipinski definition) is 4. The maximum absolute atomic E-state index is 10.5. The van der Waals surface area contributed by atoms with Crippen molar-refractivity contribution in [2.45, 2.75) is 13.0 Å². The van der Waals surface area contributed by atoms with Crippen LogP contribution in [-0.4, -0.2) is 4.92 Å². The molecule has 1 rings (SSSR count). The Morgan fingerprint density at radius 2 is 2.15 bits per heavy atom. The zero-order chi connectivity index (χ0) is 10.0. The van der Waals surface area contributed by atoms with Gasteiger partial charge in [-0.05, 0) is 12.5 Å². The second-order valence-corrected chi connectivity index (χ2v) is 2.83. The molecule has 1 aromatic carbocycles. The molecular formula is C8H11N3O2. The van der Waals surface area contributed by atoms with Crippen LogP contribution in [0, 0.1) is 10.1 Å². The number of para-hydroxylation sites is 1. The van der Waals surface area contributed by atoms with Crippen molar-refractivity contribution in [2.75, 3.05) is 5.73 Å². The van der Waals surface area contributed by atoms with E-state index in [1.165, 1.54) is 6.07 Å². The average Bonchev–Trinajstić information content (AvgIpc) is 2.03. The molecule has 0 saturated heterocycles. The Labute approximate surface area is 75.5 Å². The summed E-state index contributed by atoms with van der Waals surface area (Å²) in [5, 5.41) is 10.5. The van der Waals surface area contributed by atoms with Crippen LogP contribution in [0.2, 0.25) is 0 Å². The summed E-state index contributed by atoms with van der Waals surface area (Å²) in [5.74, 6) is 0. The normalized spacial score (nSPS) is 12.5. The summed E-state index contributed by atoms with van der Waals surface area (Å²) in [7, 11) is 0. The van der Waals surface area contributed by atoms with Gasteiger partial charge in [-0.15, -0.1) is 0 Å². The van der Waals surface area contributed by atoms with E-state index in [9.17, 15) is 10.1 Å². The standard InChI is InChI=1S/C8H11N3O2/c1-5(9)6-3-2-4-7(8(6)10)11(12)13/h2-5H,9-10H2,1H3. The smallest absolute Gasteiger partial charge is 0.292 e. The van der Waals surface area contributed by atoms with Crippen molar-refractivity contribution in [1.29, 1.82) is 0 Å². The number of hydrogen-bond donors (Lipinski definition) is 2. The highest BCUT2D eigenvalue weighted by atomic mass is 16.6. The van der Waals surface area contributed by atoms with Crippen LogP contribution < -0.4 is 11.5 Å². The molecule has 5 nitrogen and oxygen atoms in total. The van der Waals surface area contributed by atoms with Crippen molar-refractivity contribution < 1.29 is 4.92 Å². The summed E-state index contributed by atoms with van der Waals surface area (Å²) in [6.45, 7) is 1.73. The van der Waals surface area contributed by atoms with E-state index in [1.807, 2.05) is 0 Å². The molecule has 0 radical (unpaired) electrons. The quantitative estimate of drug-likeness (QED) is 0.407. The lowest BCUT2D eigenvalue weighted by Crippen LogP contribution is -2.09. The van der Waals surface area contributed by atoms with Gasteiger partial charge in [0.25, 0.3) is 5.69 Å². The third-order valence-electron chi connectivity index (χ3n) is 1.80. The molecule has 0 saturated carbocycles. The second kappa shape index (κ2) is 3.40. The van der Waals surface area contributed by atoms with Gasteiger partial charge in [-0.3, -0.25) is 10.1 Å². The van der Waals surface area contributed by atoms with Crippen molar-refractivity contribution in [3.8, 4) is 0 Å². The highest BCUT2D eigenvalue weighted by molar-refractivity contribution is 5.63. The first-order valence-electron chi connectivity index (χ1n) is 3.82. The van der Waals surface area contributed by atoms with Gasteiger partial charge >= 0.3 is 0 Å². The molecule has 1 aromatic rings. The van der Waals surface area contributed by atoms with Gasteiger partial charge in [0.15, 0.2) is 0 Å². The zero-order valence-corrected chi connectivity index (χ0v) is 7.23. The summed E-state index contributed by atoms with van der Waals surface area (Å²) in [6, 6.07) is 4.33. The van der Waals surface area contributed by atoms with Gasteiger partial charge in [-0.25, -0.2) is 0 Å². The average molecular weight is 181 g/mol. The molecule has 0 aliphatic rings. The van der Waals surface area contributed by atoms with E-state index in [1.54, 1.807) is 19.1 Å². The minimum atomic E-state index is -0.513. The molecule has 4 N–H and O–H groups in total. The van der Waals surface area contributed by atoms with Crippen molar-refractivity contribution in [1.82, 2.24) is 0 Å². The first-order valence-corrected chi connectivity index (χ1v) is 3.82. The van der Waals surface area contributed by atoms with Crippen molar-refractivity contribution >= 4 is 11.4 Å². The number of nitro benzene ring substituents is 1. The largest absolute Gasteiger partial charge is 0.393 e. The van der Waals surface area contributed by atoms with E-state index < -0.39 is 4.92 Å². The summed E-state index contributed by atoms with van der Waals surface area (Å²) in [5.41, 5.74) is 11.8. The molecule has 1 atom stereocenters. The van der Waals surface area contributed by atoms with Crippen LogP contribution in [0.25, 0.3) is 0 Å². The van der Waals surface area contributed by atoms with Crippen LogP contribution in [-0.2, 0) is 0 Å². The number of rotatable bonds is 2. The molecule has 0 aliphatic heterocycles. The molecule has 0 aliphatic carbocycles. The van der Waals surface area contributed by atoms with E-state index in [-0.39, 0.29) is 17.4 Å². The molecule has 0 heterocycles. The van der Waals surface area contributed by atoms with Crippen LogP contribution in [0.15, 0.2) is 18.2 Å². The minimum Gasteiger partial charge on any atom is -0.393 e. The SMILES string of the molecule is CC(N)c1cccc([N+](=O)[O-])c1N. The molecule has 0 amide bonds. The number of anilines is 1. The zero-order valence-electron chi connectivity index (χ0n) is 7.23. The Morgan fingerprint density at radius 1 is 1.54 bits per heavy atom. The fourth-order valence-corrected chi connectivity index (χ4v) is 1.13. The van der Waals surface area contributed by atoms with Crippen LogP contribution in [0.1, 0.15) is 18.5 Å². The van der Waals surface area contributed by atoms with E-state index in [2.05, 4.69) is 0 Å². The van der Waals surface area contributed by atoms with Gasteiger partial charge < -0.3 is 11.5 Å². The minimum absolute atomic E-state index is 0.0881. The third-order valence-corrected chi connectivity index (χ3v) is 1.80. The van der Waals surface area contributed by atoms with E-state index >= 15 is 0 Å². The number of benzene rings is 1. The summed E-state index contributed by atoms with van der Waals surface area (Å²) < 4.78 is 0. The summed E-state index contributed by atoms with van der Waals surface area (Å²) in [4.78, 5) is 9.97. The number of nitrogens with two attached hydrogens (primary N) is 2. The Balaban J connectivity index is 3.26. The first kappa shape index (κ1) is 9.47. The molecule has 0 fully saturated rings. The topological polar surface area (TPSA) is 95.2 Å². The van der Waals surface area contributed by atoms with Crippen molar-refractivity contribution in [2.24, 2.45) is 5.73 Å².